The maximum atomic E-state index is 14.0. The van der Waals surface area contributed by atoms with Gasteiger partial charge in [0.2, 0.25) is 11.8 Å². The van der Waals surface area contributed by atoms with Crippen molar-refractivity contribution in [2.45, 2.75) is 56.1 Å². The Labute approximate surface area is 230 Å². The number of sulfonamides is 1. The summed E-state index contributed by atoms with van der Waals surface area (Å²) in [6.07, 6.45) is 3.96. The molecular formula is C30H35N3O5S. The van der Waals surface area contributed by atoms with Crippen LogP contribution >= 0.6 is 0 Å². The molecule has 39 heavy (non-hydrogen) atoms. The molecule has 1 aliphatic carbocycles. The lowest BCUT2D eigenvalue weighted by Crippen LogP contribution is -2.52. The molecule has 4 rings (SSSR count). The number of hydrogen-bond acceptors (Lipinski definition) is 5. The minimum atomic E-state index is -4.07. The van der Waals surface area contributed by atoms with Crippen molar-refractivity contribution < 1.29 is 22.7 Å². The molecule has 1 N–H and O–H groups in total. The van der Waals surface area contributed by atoms with Gasteiger partial charge in [0.15, 0.2) is 0 Å². The van der Waals surface area contributed by atoms with Gasteiger partial charge >= 0.3 is 0 Å². The number of methoxy groups -OCH3 is 1. The number of anilines is 1. The third-order valence-corrected chi connectivity index (χ3v) is 8.80. The van der Waals surface area contributed by atoms with E-state index in [2.05, 4.69) is 5.32 Å². The van der Waals surface area contributed by atoms with Crippen LogP contribution in [0.3, 0.4) is 0 Å². The van der Waals surface area contributed by atoms with Crippen LogP contribution in [-0.2, 0) is 26.2 Å². The highest BCUT2D eigenvalue weighted by molar-refractivity contribution is 7.92. The summed E-state index contributed by atoms with van der Waals surface area (Å²) in [5, 5.41) is 3.07. The number of hydrogen-bond donors (Lipinski definition) is 1. The van der Waals surface area contributed by atoms with Gasteiger partial charge in [-0.15, -0.1) is 0 Å². The molecule has 0 aromatic heterocycles. The maximum Gasteiger partial charge on any atom is 0.264 e. The average molecular weight is 550 g/mol. The molecular weight excluding hydrogens is 514 g/mol. The highest BCUT2D eigenvalue weighted by Gasteiger charge is 2.33. The Hall–Kier alpha value is -3.85. The Morgan fingerprint density at radius 1 is 0.949 bits per heavy atom. The van der Waals surface area contributed by atoms with Crippen LogP contribution in [0.25, 0.3) is 0 Å². The normalized spacial score (nSPS) is 14.4. The number of para-hydroxylation sites is 1. The topological polar surface area (TPSA) is 96.0 Å². The van der Waals surface area contributed by atoms with Gasteiger partial charge in [0.05, 0.1) is 17.7 Å². The lowest BCUT2D eigenvalue weighted by Gasteiger charge is -2.32. The van der Waals surface area contributed by atoms with E-state index in [0.29, 0.717) is 11.4 Å². The van der Waals surface area contributed by atoms with Gasteiger partial charge < -0.3 is 15.0 Å². The summed E-state index contributed by atoms with van der Waals surface area (Å²) < 4.78 is 33.9. The van der Waals surface area contributed by atoms with E-state index in [1.165, 1.54) is 17.0 Å². The van der Waals surface area contributed by atoms with E-state index in [1.54, 1.807) is 74.7 Å². The highest BCUT2D eigenvalue weighted by Crippen LogP contribution is 2.25. The average Bonchev–Trinajstić information content (AvgIpc) is 3.48. The van der Waals surface area contributed by atoms with Crippen LogP contribution in [-0.4, -0.2) is 50.9 Å². The second-order valence-corrected chi connectivity index (χ2v) is 11.6. The van der Waals surface area contributed by atoms with Gasteiger partial charge in [0, 0.05) is 12.6 Å². The number of carbonyl (C=O) groups is 2. The zero-order valence-corrected chi connectivity index (χ0v) is 23.1. The summed E-state index contributed by atoms with van der Waals surface area (Å²) in [6, 6.07) is 23.1. The zero-order valence-electron chi connectivity index (χ0n) is 22.3. The largest absolute Gasteiger partial charge is 0.497 e. The minimum Gasteiger partial charge on any atom is -0.497 e. The SMILES string of the molecule is COc1cccc(CN(C(=O)CN(c2ccccc2)S(=O)(=O)c2ccccc2)C(C)C(=O)NC2CCCC2)c1. The number of carbonyl (C=O) groups excluding carboxylic acids is 2. The van der Waals surface area contributed by atoms with Crippen molar-refractivity contribution in [3.63, 3.8) is 0 Å². The fraction of sp³-hybridized carbons (Fsp3) is 0.333. The molecule has 8 nitrogen and oxygen atoms in total. The van der Waals surface area contributed by atoms with Gasteiger partial charge in [-0.1, -0.05) is 61.4 Å². The van der Waals surface area contributed by atoms with Crippen molar-refractivity contribution in [1.82, 2.24) is 10.2 Å². The van der Waals surface area contributed by atoms with Crippen molar-refractivity contribution in [2.75, 3.05) is 18.0 Å². The molecule has 0 heterocycles. The van der Waals surface area contributed by atoms with Crippen LogP contribution < -0.4 is 14.4 Å². The Morgan fingerprint density at radius 2 is 1.59 bits per heavy atom. The van der Waals surface area contributed by atoms with Gasteiger partial charge in [0.1, 0.15) is 18.3 Å². The van der Waals surface area contributed by atoms with Crippen LogP contribution in [0.1, 0.15) is 38.2 Å². The van der Waals surface area contributed by atoms with E-state index in [-0.39, 0.29) is 23.4 Å². The molecule has 0 bridgehead atoms. The lowest BCUT2D eigenvalue weighted by atomic mass is 10.1. The Kier molecular flexibility index (Phi) is 9.24. The van der Waals surface area contributed by atoms with E-state index in [0.717, 1.165) is 35.6 Å². The number of benzene rings is 3. The van der Waals surface area contributed by atoms with Crippen LogP contribution in [0.5, 0.6) is 5.75 Å². The molecule has 3 aromatic carbocycles. The zero-order chi connectivity index (χ0) is 27.8. The smallest absolute Gasteiger partial charge is 0.264 e. The summed E-state index contributed by atoms with van der Waals surface area (Å²) >= 11 is 0. The van der Waals surface area contributed by atoms with Crippen molar-refractivity contribution in [2.24, 2.45) is 0 Å². The van der Waals surface area contributed by atoms with Crippen LogP contribution in [0.4, 0.5) is 5.69 Å². The summed E-state index contributed by atoms with van der Waals surface area (Å²) in [7, 11) is -2.50. The number of rotatable bonds is 11. The molecule has 1 atom stereocenters. The molecule has 0 aliphatic heterocycles. The quantitative estimate of drug-likeness (QED) is 0.383. The first kappa shape index (κ1) is 28.2. The minimum absolute atomic E-state index is 0.0769. The van der Waals surface area contributed by atoms with E-state index in [1.807, 2.05) is 12.1 Å². The molecule has 3 aromatic rings. The Balaban J connectivity index is 1.66. The van der Waals surface area contributed by atoms with Gasteiger partial charge in [-0.05, 0) is 61.7 Å². The fourth-order valence-electron chi connectivity index (χ4n) is 4.78. The molecule has 1 fully saturated rings. The van der Waals surface area contributed by atoms with Gasteiger partial charge in [-0.25, -0.2) is 8.42 Å². The van der Waals surface area contributed by atoms with Crippen molar-refractivity contribution >= 4 is 27.5 Å². The third kappa shape index (κ3) is 6.97. The number of nitrogens with zero attached hydrogens (tertiary/aromatic N) is 2. The first-order chi connectivity index (χ1) is 18.8. The molecule has 2 amide bonds. The molecule has 0 saturated heterocycles. The van der Waals surface area contributed by atoms with Crippen molar-refractivity contribution in [1.29, 1.82) is 0 Å². The van der Waals surface area contributed by atoms with Crippen LogP contribution in [0.2, 0.25) is 0 Å². The first-order valence-electron chi connectivity index (χ1n) is 13.1. The molecule has 1 aliphatic rings. The second-order valence-electron chi connectivity index (χ2n) is 9.70. The van der Waals surface area contributed by atoms with E-state index in [9.17, 15) is 18.0 Å². The fourth-order valence-corrected chi connectivity index (χ4v) is 6.22. The van der Waals surface area contributed by atoms with Crippen molar-refractivity contribution in [3.8, 4) is 5.75 Å². The van der Waals surface area contributed by atoms with Crippen molar-refractivity contribution in [3.05, 3.63) is 90.5 Å². The summed E-state index contributed by atoms with van der Waals surface area (Å²) in [4.78, 5) is 28.7. The maximum absolute atomic E-state index is 14.0. The standard InChI is InChI=1S/C30H35N3O5S/c1-23(30(35)31-25-13-9-10-14-25)32(21-24-12-11-17-27(20-24)38-2)29(34)22-33(26-15-5-3-6-16-26)39(36,37)28-18-7-4-8-19-28/h3-8,11-12,15-20,23,25H,9-10,13-14,21-22H2,1-2H3,(H,31,35). The molecule has 9 heteroatoms. The lowest BCUT2D eigenvalue weighted by molar-refractivity contribution is -0.139. The molecule has 0 spiro atoms. The predicted molar refractivity (Wildman–Crippen MR) is 151 cm³/mol. The van der Waals surface area contributed by atoms with Crippen LogP contribution in [0.15, 0.2) is 89.8 Å². The Morgan fingerprint density at radius 3 is 2.23 bits per heavy atom. The number of amides is 2. The summed E-state index contributed by atoms with van der Waals surface area (Å²) in [5.41, 5.74) is 1.12. The Bertz CT molecular complexity index is 1360. The van der Waals surface area contributed by atoms with E-state index in [4.69, 9.17) is 4.74 Å². The summed E-state index contributed by atoms with van der Waals surface area (Å²) in [6.45, 7) is 1.33. The number of ether oxygens (including phenoxy) is 1. The second kappa shape index (κ2) is 12.8. The van der Waals surface area contributed by atoms with E-state index >= 15 is 0 Å². The van der Waals surface area contributed by atoms with Crippen LogP contribution in [0, 0.1) is 0 Å². The van der Waals surface area contributed by atoms with E-state index < -0.39 is 28.5 Å². The monoisotopic (exact) mass is 549 g/mol. The van der Waals surface area contributed by atoms with Gasteiger partial charge in [-0.2, -0.15) is 0 Å². The number of nitrogens with one attached hydrogen (secondary N) is 1. The molecule has 1 saturated carbocycles. The third-order valence-electron chi connectivity index (χ3n) is 7.01. The molecule has 0 radical (unpaired) electrons. The summed E-state index contributed by atoms with van der Waals surface area (Å²) in [5.74, 6) is -0.119. The molecule has 206 valence electrons. The first-order valence-corrected chi connectivity index (χ1v) is 14.6. The molecule has 1 unspecified atom stereocenters. The van der Waals surface area contributed by atoms with Gasteiger partial charge in [-0.3, -0.25) is 13.9 Å². The highest BCUT2D eigenvalue weighted by atomic mass is 32.2. The predicted octanol–water partition coefficient (Wildman–Crippen LogP) is 4.37. The van der Waals surface area contributed by atoms with Gasteiger partial charge in [0.25, 0.3) is 10.0 Å².